The number of anilines is 7. The van der Waals surface area contributed by atoms with Gasteiger partial charge in [-0.1, -0.05) is 41.1 Å². The zero-order valence-corrected chi connectivity index (χ0v) is 76.9. The van der Waals surface area contributed by atoms with Crippen LogP contribution in [0.1, 0.15) is 61.4 Å². The van der Waals surface area contributed by atoms with Crippen molar-refractivity contribution < 1.29 is 111 Å². The number of ether oxygens (including phenoxy) is 6. The molecule has 0 radical (unpaired) electrons. The number of alkyl halides is 9. The molecule has 3 fully saturated rings. The first kappa shape index (κ1) is 101. The Hall–Kier alpha value is -11.2. The van der Waals surface area contributed by atoms with Gasteiger partial charge < -0.3 is 93.5 Å². The molecule has 13 rings (SSSR count). The van der Waals surface area contributed by atoms with Gasteiger partial charge in [0.2, 0.25) is 0 Å². The topological polar surface area (TPSA) is 344 Å². The number of sulfone groups is 3. The van der Waals surface area contributed by atoms with Crippen molar-refractivity contribution in [3.63, 3.8) is 0 Å². The van der Waals surface area contributed by atoms with Crippen molar-refractivity contribution in [2.75, 3.05) is 188 Å². The van der Waals surface area contributed by atoms with Crippen molar-refractivity contribution in [2.45, 2.75) is 116 Å². The van der Waals surface area contributed by atoms with Gasteiger partial charge in [-0.3, -0.25) is 4.72 Å². The number of hydrogen-bond donors (Lipinski definition) is 8. The van der Waals surface area contributed by atoms with Gasteiger partial charge in [-0.15, -0.1) is 0 Å². The molecule has 3 aliphatic rings. The molecule has 0 amide bonds. The lowest BCUT2D eigenvalue weighted by Crippen LogP contribution is -2.40. The molecule has 10 aromatic rings. The van der Waals surface area contributed by atoms with Crippen LogP contribution in [-0.2, 0) is 73.4 Å². The third-order valence-electron chi connectivity index (χ3n) is 21.3. The number of benzene rings is 6. The summed E-state index contributed by atoms with van der Waals surface area (Å²) in [5.41, 5.74) is 5.44. The fourth-order valence-corrected chi connectivity index (χ4v) is 18.6. The van der Waals surface area contributed by atoms with Gasteiger partial charge in [0, 0.05) is 128 Å². The average molecular weight is 1930 g/mol. The Morgan fingerprint density at radius 2 is 0.909 bits per heavy atom. The molecule has 42 heteroatoms. The molecule has 0 spiro atoms. The van der Waals surface area contributed by atoms with Gasteiger partial charge >= 0.3 is 18.5 Å². The number of aryl methyl sites for hydroxylation is 1. The second kappa shape index (κ2) is 45.5. The van der Waals surface area contributed by atoms with E-state index in [2.05, 4.69) is 82.2 Å². The van der Waals surface area contributed by atoms with E-state index >= 15 is 0 Å². The van der Waals surface area contributed by atoms with E-state index < -0.39 is 77.7 Å². The van der Waals surface area contributed by atoms with Crippen LogP contribution in [0.25, 0.3) is 32.7 Å². The van der Waals surface area contributed by atoms with Crippen molar-refractivity contribution in [3.8, 4) is 52.8 Å². The quantitative estimate of drug-likeness (QED) is 0.0105. The summed E-state index contributed by atoms with van der Waals surface area (Å²) < 4.78 is 263. The number of likely N-dealkylation sites (N-methyl/N-ethyl adjacent to an activating group) is 1. The summed E-state index contributed by atoms with van der Waals surface area (Å²) in [7, 11) is -7.35. The smallest absolute Gasteiger partial charge is 0.406 e. The molecule has 7 heterocycles. The van der Waals surface area contributed by atoms with E-state index in [4.69, 9.17) is 38.1 Å². The van der Waals surface area contributed by atoms with Crippen molar-refractivity contribution in [2.24, 2.45) is 0 Å². The highest BCUT2D eigenvalue weighted by Gasteiger charge is 2.34. The second-order valence-electron chi connectivity index (χ2n) is 31.7. The predicted molar refractivity (Wildman–Crippen MR) is 489 cm³/mol. The number of nitrogens with zero attached hydrogens (tertiary/aromatic N) is 6. The van der Waals surface area contributed by atoms with Gasteiger partial charge in [0.05, 0.1) is 144 Å². The van der Waals surface area contributed by atoms with Crippen LogP contribution in [-0.4, -0.2) is 255 Å². The van der Waals surface area contributed by atoms with Gasteiger partial charge in [0.1, 0.15) is 59.1 Å². The Kier molecular flexibility index (Phi) is 34.9. The molecular weight excluding hydrogens is 1820 g/mol. The number of nitrogens with one attached hydrogen (secondary N) is 7. The van der Waals surface area contributed by atoms with Crippen molar-refractivity contribution >= 4 is 112 Å². The molecule has 4 aromatic heterocycles. The average Bonchev–Trinajstić information content (AvgIpc) is 1.63. The number of aliphatic hydroxyl groups excluding tert-OH is 1. The predicted octanol–water partition coefficient (Wildman–Crippen LogP) is 13.3. The first-order valence-corrected chi connectivity index (χ1v) is 49.2. The van der Waals surface area contributed by atoms with E-state index in [1.165, 1.54) is 71.9 Å². The van der Waals surface area contributed by atoms with Crippen molar-refractivity contribution in [1.82, 2.24) is 28.7 Å². The molecule has 3 saturated heterocycles. The standard InChI is InChI=1S/C32H41F3N4O6S.C29H30F3N5O5S.C29H35F3N4O5S2/c1-43-31-22-26(46(2,41)42)8-9-29(31)36-12-4-5-25-21-27-28(6-3-7-30(27)39(25)23-32(33,34)35)37-24-10-13-38(14-11-24)15-17-44-19-20-45-18-16-40;1-19-15-28(35-42-19)36-43(38,39)22-8-9-25(27(17-22)40-2)33-12-4-5-21-16-23-24(34-20-10-13-41-14-11-20)6-3-7-26(23)37(21)18-29(30,31)32;1-35(2)14-15-41-28-19-23(42(3,37)38)9-10-26(28)33-13-5-6-22-18-24-25(34-21-11-16-43(39,40)17-12-21)7-4-8-27(24)36(22)20-29(30,31)32/h3,6-9,21-22,24,36-37,40H,10-20,23H2,1-2H3;3,6-9,15-17,20,33-34H,10-14,18H2,1-2H3,(H,35,36);4,7-10,18-19,21,33-34H,11-17,20H2,1-3H3. The van der Waals surface area contributed by atoms with Crippen LogP contribution in [0.3, 0.4) is 0 Å². The largest absolute Gasteiger partial charge is 0.495 e. The Labute approximate surface area is 760 Å². The van der Waals surface area contributed by atoms with E-state index in [0.29, 0.717) is 138 Å². The van der Waals surface area contributed by atoms with Crippen LogP contribution in [0.15, 0.2) is 153 Å². The van der Waals surface area contributed by atoms with Gasteiger partial charge in [-0.05, 0) is 168 Å². The Morgan fingerprint density at radius 1 is 0.508 bits per heavy atom. The summed E-state index contributed by atoms with van der Waals surface area (Å²) in [5.74, 6) is 18.8. The third kappa shape index (κ3) is 29.9. The van der Waals surface area contributed by atoms with E-state index in [-0.39, 0.29) is 99.2 Å². The monoisotopic (exact) mass is 1920 g/mol. The molecule has 0 aliphatic carbocycles. The lowest BCUT2D eigenvalue weighted by Gasteiger charge is -2.32. The lowest BCUT2D eigenvalue weighted by atomic mass is 10.0. The summed E-state index contributed by atoms with van der Waals surface area (Å²) in [6, 6.07) is 35.3. The SMILES string of the molecule is CN(C)CCOc1cc(S(C)(=O)=O)ccc1NCC#Cc1cc2c(NC3CCS(=O)(=O)CC3)cccc2n1CC(F)(F)F.COc1cc(S(=O)(=O)Nc2cc(C)on2)ccc1NCC#Cc1cc2c(NC3CCOCC3)cccc2n1CC(F)(F)F.COc1cc(S(C)(=O)=O)ccc1NCC#Cc1cc2c(NC3CCN(CCOCCOCCO)CC3)cccc2n1CC(F)(F)F. The summed E-state index contributed by atoms with van der Waals surface area (Å²) in [4.78, 5) is 4.38. The molecule has 132 heavy (non-hydrogen) atoms. The van der Waals surface area contributed by atoms with E-state index in [1.54, 1.807) is 79.7 Å². The number of piperidine rings is 1. The lowest BCUT2D eigenvalue weighted by molar-refractivity contribution is -0.140. The van der Waals surface area contributed by atoms with E-state index in [1.807, 2.05) is 31.1 Å². The maximum atomic E-state index is 13.6. The van der Waals surface area contributed by atoms with Crippen LogP contribution >= 0.6 is 0 Å². The maximum absolute atomic E-state index is 13.6. The van der Waals surface area contributed by atoms with Gasteiger partial charge in [0.25, 0.3) is 10.0 Å². The Balaban J connectivity index is 0.000000191. The highest BCUT2D eigenvalue weighted by atomic mass is 32.2. The molecule has 0 bridgehead atoms. The molecule has 8 N–H and O–H groups in total. The van der Waals surface area contributed by atoms with Crippen molar-refractivity contribution in [3.05, 3.63) is 156 Å². The summed E-state index contributed by atoms with van der Waals surface area (Å²) in [5, 5.41) is 33.7. The normalized spacial score (nSPS) is 14.9. The molecule has 0 saturated carbocycles. The first-order valence-electron chi connectivity index (χ1n) is 42.1. The number of methoxy groups -OCH3 is 2. The molecular formula is C90H106F9N13O16S4. The van der Waals surface area contributed by atoms with E-state index in [0.717, 1.165) is 73.8 Å². The minimum absolute atomic E-state index is 0.00509. The molecule has 714 valence electrons. The Bertz CT molecular complexity index is 6300. The van der Waals surface area contributed by atoms with Crippen LogP contribution in [0, 0.1) is 42.4 Å². The number of halogens is 9. The fraction of sp³-hybridized carbons (Fsp3) is 0.433. The Morgan fingerprint density at radius 3 is 1.31 bits per heavy atom. The number of hydrogen-bond acceptors (Lipinski definition) is 25. The minimum atomic E-state index is -4.48. The molecule has 0 atom stereocenters. The zero-order chi connectivity index (χ0) is 95.2. The summed E-state index contributed by atoms with van der Waals surface area (Å²) >= 11 is 0. The fourth-order valence-electron chi connectivity index (χ4n) is 14.8. The number of likely N-dealkylation sites (tertiary alicyclic amines) is 1. The van der Waals surface area contributed by atoms with Gasteiger partial charge in [0.15, 0.2) is 25.5 Å². The van der Waals surface area contributed by atoms with Crippen LogP contribution in [0.2, 0.25) is 0 Å². The van der Waals surface area contributed by atoms with Crippen LogP contribution in [0.4, 0.5) is 79.5 Å². The minimum Gasteiger partial charge on any atom is -0.495 e. The zero-order valence-electron chi connectivity index (χ0n) is 73.6. The van der Waals surface area contributed by atoms with Gasteiger partial charge in [-0.2, -0.15) is 39.5 Å². The first-order chi connectivity index (χ1) is 62.6. The molecule has 29 nitrogen and oxygen atoms in total. The maximum Gasteiger partial charge on any atom is 0.406 e. The van der Waals surface area contributed by atoms with E-state index in [9.17, 15) is 73.2 Å². The number of fused-ring (bicyclic) bond motifs is 3. The number of aromatic nitrogens is 4. The highest BCUT2D eigenvalue weighted by Crippen LogP contribution is 2.38. The van der Waals surface area contributed by atoms with Crippen LogP contribution in [0.5, 0.6) is 17.2 Å². The highest BCUT2D eigenvalue weighted by molar-refractivity contribution is 7.93. The van der Waals surface area contributed by atoms with Gasteiger partial charge in [-0.25, -0.2) is 33.7 Å². The van der Waals surface area contributed by atoms with Crippen molar-refractivity contribution in [1.29, 1.82) is 0 Å². The summed E-state index contributed by atoms with van der Waals surface area (Å²) in [6.45, 7) is 4.81. The number of sulfonamides is 1. The molecule has 0 unspecified atom stereocenters. The molecule has 6 aromatic carbocycles. The molecule has 3 aliphatic heterocycles. The number of aliphatic hydroxyl groups is 1. The van der Waals surface area contributed by atoms with Crippen LogP contribution < -0.4 is 50.8 Å². The second-order valence-corrected chi connectivity index (χ2v) is 39.7. The number of rotatable bonds is 34. The third-order valence-corrected chi connectivity index (χ3v) is 26.6. The summed E-state index contributed by atoms with van der Waals surface area (Å²) in [6.07, 6.45) is -6.93.